The maximum atomic E-state index is 13.6. The van der Waals surface area contributed by atoms with E-state index >= 15 is 0 Å². The summed E-state index contributed by atoms with van der Waals surface area (Å²) in [6, 6.07) is 14.7. The van der Waals surface area contributed by atoms with Crippen molar-refractivity contribution in [3.8, 4) is 11.1 Å². The summed E-state index contributed by atoms with van der Waals surface area (Å²) in [5.74, 6) is -0.686. The number of nitrogens with one attached hydrogen (secondary N) is 1. The number of benzene rings is 2. The summed E-state index contributed by atoms with van der Waals surface area (Å²) >= 11 is 0. The van der Waals surface area contributed by atoms with Gasteiger partial charge in [0.1, 0.15) is 12.0 Å². The molecule has 10 heteroatoms. The highest BCUT2D eigenvalue weighted by Crippen LogP contribution is 2.53. The lowest BCUT2D eigenvalue weighted by molar-refractivity contribution is -0.141. The van der Waals surface area contributed by atoms with Crippen LogP contribution in [0.5, 0.6) is 0 Å². The summed E-state index contributed by atoms with van der Waals surface area (Å²) in [6.45, 7) is 1.80. The Balaban J connectivity index is 1.52. The topological polar surface area (TPSA) is 73.9 Å². The van der Waals surface area contributed by atoms with E-state index in [-0.39, 0.29) is 25.3 Å². The summed E-state index contributed by atoms with van der Waals surface area (Å²) in [5.41, 5.74) is 1.75. The molecule has 1 fully saturated rings. The van der Waals surface area contributed by atoms with E-state index in [1.807, 2.05) is 43.3 Å². The minimum atomic E-state index is -4.53. The van der Waals surface area contributed by atoms with Crippen molar-refractivity contribution in [2.24, 2.45) is 0 Å². The number of carbonyl (C=O) groups excluding carboxylic acids is 1. The highest BCUT2D eigenvalue weighted by Gasteiger charge is 2.49. The van der Waals surface area contributed by atoms with E-state index in [9.17, 15) is 22.5 Å². The zero-order valence-corrected chi connectivity index (χ0v) is 23.2. The number of alkyl halides is 3. The van der Waals surface area contributed by atoms with E-state index in [0.29, 0.717) is 37.2 Å². The predicted octanol–water partition coefficient (Wildman–Crippen LogP) is 7.01. The molecule has 0 radical (unpaired) electrons. The standard InChI is InChI=1S/C29H37F3NO5P/c1-2-3-18-37-39(35,38-20-22-11-10-17-36-22)19-9-8-16-28(27(34)33-21-29(30,31)32)25-14-6-4-12-23(25)24-13-5-7-15-26(24)28/h4-7,12-15,22H,2-3,8-11,16-21H2,1H3,(H,33,34). The van der Waals surface area contributed by atoms with E-state index in [4.69, 9.17) is 13.8 Å². The molecule has 1 saturated heterocycles. The smallest absolute Gasteiger partial charge is 0.376 e. The minimum absolute atomic E-state index is 0.0970. The van der Waals surface area contributed by atoms with Crippen molar-refractivity contribution in [2.45, 2.75) is 69.6 Å². The average Bonchev–Trinajstić information content (AvgIpc) is 3.54. The van der Waals surface area contributed by atoms with Crippen LogP contribution in [0.1, 0.15) is 63.0 Å². The summed E-state index contributed by atoms with van der Waals surface area (Å²) < 4.78 is 69.9. The fraction of sp³-hybridized carbons (Fsp3) is 0.552. The third kappa shape index (κ3) is 7.12. The number of hydrogen-bond acceptors (Lipinski definition) is 5. The molecule has 0 bridgehead atoms. The Labute approximate surface area is 228 Å². The quantitative estimate of drug-likeness (QED) is 0.196. The second kappa shape index (κ2) is 13.0. The fourth-order valence-corrected chi connectivity index (χ4v) is 7.21. The minimum Gasteiger partial charge on any atom is -0.376 e. The number of fused-ring (bicyclic) bond motifs is 3. The third-order valence-electron chi connectivity index (χ3n) is 7.40. The van der Waals surface area contributed by atoms with Crippen LogP contribution in [0, 0.1) is 0 Å². The van der Waals surface area contributed by atoms with Gasteiger partial charge >= 0.3 is 13.8 Å². The number of carbonyl (C=O) groups is 1. The van der Waals surface area contributed by atoms with Crippen molar-refractivity contribution in [2.75, 3.05) is 32.5 Å². The molecule has 2 unspecified atom stereocenters. The first-order valence-corrected chi connectivity index (χ1v) is 15.5. The van der Waals surface area contributed by atoms with Crippen molar-refractivity contribution in [3.63, 3.8) is 0 Å². The molecule has 2 aromatic carbocycles. The Bertz CT molecular complexity index is 1120. The summed E-state index contributed by atoms with van der Waals surface area (Å²) in [4.78, 5) is 13.6. The molecule has 1 N–H and O–H groups in total. The Morgan fingerprint density at radius 1 is 1.05 bits per heavy atom. The van der Waals surface area contributed by atoms with Crippen LogP contribution in [-0.4, -0.2) is 50.7 Å². The Morgan fingerprint density at radius 3 is 2.31 bits per heavy atom. The molecule has 214 valence electrons. The van der Waals surface area contributed by atoms with Crippen LogP contribution in [0.4, 0.5) is 13.2 Å². The molecule has 1 amide bonds. The number of hydrogen-bond donors (Lipinski definition) is 1. The lowest BCUT2D eigenvalue weighted by Crippen LogP contribution is -2.47. The largest absolute Gasteiger partial charge is 0.405 e. The molecule has 1 aliphatic heterocycles. The molecule has 0 aromatic heterocycles. The van der Waals surface area contributed by atoms with Crippen molar-refractivity contribution in [3.05, 3.63) is 59.7 Å². The average molecular weight is 568 g/mol. The lowest BCUT2D eigenvalue weighted by atomic mass is 9.73. The Kier molecular flexibility index (Phi) is 9.92. The van der Waals surface area contributed by atoms with Gasteiger partial charge < -0.3 is 19.1 Å². The molecule has 0 spiro atoms. The van der Waals surface area contributed by atoms with Gasteiger partial charge in [0.05, 0.1) is 25.5 Å². The van der Waals surface area contributed by atoms with Gasteiger partial charge in [-0.25, -0.2) is 0 Å². The molecule has 2 aliphatic rings. The first kappa shape index (κ1) is 29.8. The van der Waals surface area contributed by atoms with Gasteiger partial charge in [-0.05, 0) is 54.4 Å². The monoisotopic (exact) mass is 567 g/mol. The van der Waals surface area contributed by atoms with Crippen LogP contribution in [0.2, 0.25) is 0 Å². The van der Waals surface area contributed by atoms with Crippen LogP contribution in [0.3, 0.4) is 0 Å². The normalized spacial score (nSPS) is 19.3. The van der Waals surface area contributed by atoms with Gasteiger partial charge in [0.15, 0.2) is 0 Å². The van der Waals surface area contributed by atoms with Gasteiger partial charge in [-0.15, -0.1) is 0 Å². The Hall–Kier alpha value is -2.19. The van der Waals surface area contributed by atoms with Crippen LogP contribution >= 0.6 is 7.60 Å². The molecule has 39 heavy (non-hydrogen) atoms. The highest BCUT2D eigenvalue weighted by atomic mass is 31.2. The van der Waals surface area contributed by atoms with Crippen molar-refractivity contribution >= 4 is 13.5 Å². The van der Waals surface area contributed by atoms with Crippen LogP contribution in [0.15, 0.2) is 48.5 Å². The predicted molar refractivity (Wildman–Crippen MR) is 144 cm³/mol. The molecule has 6 nitrogen and oxygen atoms in total. The zero-order chi connectivity index (χ0) is 27.9. The molecule has 2 aromatic rings. The molecule has 4 rings (SSSR count). The van der Waals surface area contributed by atoms with Crippen molar-refractivity contribution in [1.29, 1.82) is 0 Å². The second-order valence-corrected chi connectivity index (χ2v) is 12.4. The maximum absolute atomic E-state index is 13.6. The van der Waals surface area contributed by atoms with Crippen LogP contribution in [-0.2, 0) is 28.6 Å². The van der Waals surface area contributed by atoms with Gasteiger partial charge in [0.25, 0.3) is 0 Å². The maximum Gasteiger partial charge on any atom is 0.405 e. The van der Waals surface area contributed by atoms with Crippen molar-refractivity contribution < 1.29 is 36.3 Å². The summed E-state index contributed by atoms with van der Waals surface area (Å²) in [6.07, 6.45) is 0.0826. The SMILES string of the molecule is CCCCOP(=O)(CCCCC1(C(=O)NCC(F)(F)F)c2ccccc2-c2ccccc21)OCC1CCCO1. The fourth-order valence-electron chi connectivity index (χ4n) is 5.47. The van der Waals surface area contributed by atoms with Gasteiger partial charge in [0.2, 0.25) is 5.91 Å². The first-order chi connectivity index (χ1) is 18.7. The van der Waals surface area contributed by atoms with Gasteiger partial charge in [-0.3, -0.25) is 9.36 Å². The Morgan fingerprint density at radius 2 is 1.72 bits per heavy atom. The van der Waals surface area contributed by atoms with E-state index in [0.717, 1.165) is 36.8 Å². The van der Waals surface area contributed by atoms with Gasteiger partial charge in [-0.2, -0.15) is 13.2 Å². The molecule has 1 aliphatic carbocycles. The molecule has 2 atom stereocenters. The number of unbranched alkanes of at least 4 members (excludes halogenated alkanes) is 2. The number of halogens is 3. The van der Waals surface area contributed by atoms with Crippen LogP contribution < -0.4 is 5.32 Å². The van der Waals surface area contributed by atoms with E-state index in [1.165, 1.54) is 0 Å². The van der Waals surface area contributed by atoms with Crippen molar-refractivity contribution in [1.82, 2.24) is 5.32 Å². The van der Waals surface area contributed by atoms with Crippen LogP contribution in [0.25, 0.3) is 11.1 Å². The van der Waals surface area contributed by atoms with E-state index in [1.54, 1.807) is 12.1 Å². The second-order valence-electron chi connectivity index (χ2n) is 10.2. The van der Waals surface area contributed by atoms with E-state index < -0.39 is 31.6 Å². The highest BCUT2D eigenvalue weighted by molar-refractivity contribution is 7.53. The number of ether oxygens (including phenoxy) is 1. The number of amides is 1. The summed E-state index contributed by atoms with van der Waals surface area (Å²) in [7, 11) is -3.40. The zero-order valence-electron chi connectivity index (χ0n) is 22.3. The molecule has 1 heterocycles. The lowest BCUT2D eigenvalue weighted by Gasteiger charge is -2.31. The molecule has 0 saturated carbocycles. The summed E-state index contributed by atoms with van der Waals surface area (Å²) in [5, 5.41) is 2.15. The molecular formula is C29H37F3NO5P. The first-order valence-electron chi connectivity index (χ1n) is 13.7. The third-order valence-corrected chi connectivity index (χ3v) is 9.38. The molecular weight excluding hydrogens is 530 g/mol. The van der Waals surface area contributed by atoms with Gasteiger partial charge in [-0.1, -0.05) is 68.3 Å². The number of rotatable bonds is 14. The van der Waals surface area contributed by atoms with Gasteiger partial charge in [0, 0.05) is 6.61 Å². The van der Waals surface area contributed by atoms with E-state index in [2.05, 4.69) is 5.32 Å².